The van der Waals surface area contributed by atoms with Gasteiger partial charge in [0.2, 0.25) is 0 Å². The van der Waals surface area contributed by atoms with E-state index in [1.807, 2.05) is 18.7 Å². The molecule has 4 rings (SSSR count). The van der Waals surface area contributed by atoms with E-state index >= 15 is 0 Å². The van der Waals surface area contributed by atoms with Gasteiger partial charge in [-0.1, -0.05) is 25.1 Å². The molecule has 3 aliphatic rings. The predicted molar refractivity (Wildman–Crippen MR) is 116 cm³/mol. The van der Waals surface area contributed by atoms with Crippen LogP contribution in [0.5, 0.6) is 0 Å². The molecule has 2 heterocycles. The van der Waals surface area contributed by atoms with Crippen LogP contribution >= 0.6 is 0 Å². The van der Waals surface area contributed by atoms with Crippen LogP contribution in [0.4, 0.5) is 10.5 Å². The number of carbonyl (C=O) groups excluding carboxylic acids is 1. The molecule has 0 fully saturated rings. The van der Waals surface area contributed by atoms with Crippen molar-refractivity contribution in [1.82, 2.24) is 15.1 Å². The molecule has 0 unspecified atom stereocenters. The summed E-state index contributed by atoms with van der Waals surface area (Å²) in [6.07, 6.45) is 4.64. The molecule has 28 heavy (non-hydrogen) atoms. The first kappa shape index (κ1) is 19.3. The van der Waals surface area contributed by atoms with E-state index in [1.165, 1.54) is 28.8 Å². The van der Waals surface area contributed by atoms with E-state index in [2.05, 4.69) is 53.7 Å². The van der Waals surface area contributed by atoms with Crippen LogP contribution in [0, 0.1) is 0 Å². The van der Waals surface area contributed by atoms with Crippen LogP contribution in [0.15, 0.2) is 24.3 Å². The number of nitrogens with zero attached hydrogens (tertiary/aromatic N) is 2. The lowest BCUT2D eigenvalue weighted by atomic mass is 9.73. The zero-order chi connectivity index (χ0) is 19.8. The summed E-state index contributed by atoms with van der Waals surface area (Å²) in [6, 6.07) is 7.71. The Morgan fingerprint density at radius 3 is 2.79 bits per heavy atom. The van der Waals surface area contributed by atoms with Gasteiger partial charge >= 0.3 is 6.03 Å². The largest absolute Gasteiger partial charge is 0.382 e. The van der Waals surface area contributed by atoms with Crippen LogP contribution in [0.25, 0.3) is 5.57 Å². The molecule has 1 aromatic carbocycles. The third-order valence-electron chi connectivity index (χ3n) is 6.73. The minimum absolute atomic E-state index is 0.0454. The Bertz CT molecular complexity index is 770. The Kier molecular flexibility index (Phi) is 5.37. The number of benzene rings is 1. The van der Waals surface area contributed by atoms with Crippen molar-refractivity contribution in [1.29, 1.82) is 0 Å². The summed E-state index contributed by atoms with van der Waals surface area (Å²) in [7, 11) is 0. The maximum absolute atomic E-state index is 12.7. The number of hydrogen-bond donors (Lipinski definition) is 2. The van der Waals surface area contributed by atoms with Gasteiger partial charge in [-0.05, 0) is 62.9 Å². The molecule has 152 valence electrons. The highest BCUT2D eigenvalue weighted by Gasteiger charge is 2.43. The maximum atomic E-state index is 12.7. The first-order valence-corrected chi connectivity index (χ1v) is 11.0. The molecule has 0 saturated carbocycles. The lowest BCUT2D eigenvalue weighted by Crippen LogP contribution is -2.54. The highest BCUT2D eigenvalue weighted by atomic mass is 16.2. The van der Waals surface area contributed by atoms with E-state index < -0.39 is 0 Å². The first-order valence-electron chi connectivity index (χ1n) is 11.0. The summed E-state index contributed by atoms with van der Waals surface area (Å²) in [5.74, 6) is 0.578. The number of urea groups is 1. The van der Waals surface area contributed by atoms with Gasteiger partial charge in [0.1, 0.15) is 0 Å². The fourth-order valence-corrected chi connectivity index (χ4v) is 5.39. The fraction of sp³-hybridized carbons (Fsp3) is 0.609. The van der Waals surface area contributed by atoms with Crippen LogP contribution in [0.1, 0.15) is 57.6 Å². The van der Waals surface area contributed by atoms with Gasteiger partial charge in [0.25, 0.3) is 0 Å². The van der Waals surface area contributed by atoms with Crippen molar-refractivity contribution >= 4 is 17.3 Å². The Hall–Kier alpha value is -2.01. The van der Waals surface area contributed by atoms with Crippen molar-refractivity contribution in [3.63, 3.8) is 0 Å². The molecular formula is C23H34N4O. The van der Waals surface area contributed by atoms with Gasteiger partial charge in [0.15, 0.2) is 0 Å². The molecule has 2 N–H and O–H groups in total. The minimum Gasteiger partial charge on any atom is -0.382 e. The normalized spacial score (nSPS) is 28.1. The molecule has 2 amide bonds. The topological polar surface area (TPSA) is 47.6 Å². The molecule has 0 aromatic heterocycles. The number of fused-ring (bicyclic) bond motifs is 2. The highest BCUT2D eigenvalue weighted by Crippen LogP contribution is 2.50. The summed E-state index contributed by atoms with van der Waals surface area (Å²) >= 11 is 0. The summed E-state index contributed by atoms with van der Waals surface area (Å²) in [4.78, 5) is 17.1. The standard InChI is InChI=1S/C23H34N4O/c1-5-11-27-14-16(25-23(28)26(6-2)7-3)12-19-17-9-8-10-20-22(17)18(13-21(19)27)15(4)24-20/h8-10,12,15-16,18,21,24H,5-7,11,13-14H2,1-4H3,(H,25,28)/t15-,16+,18-,21-/m1/s1. The summed E-state index contributed by atoms with van der Waals surface area (Å²) < 4.78 is 0. The second kappa shape index (κ2) is 7.78. The number of nitrogens with one attached hydrogen (secondary N) is 2. The van der Waals surface area contributed by atoms with Crippen molar-refractivity contribution in [2.45, 2.75) is 64.6 Å². The van der Waals surface area contributed by atoms with E-state index in [4.69, 9.17) is 0 Å². The average molecular weight is 383 g/mol. The van der Waals surface area contributed by atoms with Crippen LogP contribution in [-0.4, -0.2) is 60.1 Å². The molecule has 0 bridgehead atoms. The lowest BCUT2D eigenvalue weighted by Gasteiger charge is -2.44. The van der Waals surface area contributed by atoms with Crippen molar-refractivity contribution in [3.8, 4) is 0 Å². The Morgan fingerprint density at radius 2 is 2.07 bits per heavy atom. The van der Waals surface area contributed by atoms with E-state index in [0.29, 0.717) is 18.0 Å². The van der Waals surface area contributed by atoms with Crippen molar-refractivity contribution < 1.29 is 4.79 Å². The molecule has 0 radical (unpaired) electrons. The second-order valence-electron chi connectivity index (χ2n) is 8.40. The zero-order valence-corrected chi connectivity index (χ0v) is 17.7. The Labute approximate surface area is 169 Å². The molecule has 0 saturated heterocycles. The van der Waals surface area contributed by atoms with Gasteiger partial charge in [-0.25, -0.2) is 4.79 Å². The Balaban J connectivity index is 1.69. The molecule has 1 aromatic rings. The van der Waals surface area contributed by atoms with Gasteiger partial charge in [-0.2, -0.15) is 0 Å². The van der Waals surface area contributed by atoms with Crippen LogP contribution in [0.2, 0.25) is 0 Å². The molecule has 4 atom stereocenters. The van der Waals surface area contributed by atoms with Crippen LogP contribution in [0.3, 0.4) is 0 Å². The third kappa shape index (κ3) is 3.20. The van der Waals surface area contributed by atoms with E-state index in [1.54, 1.807) is 0 Å². The third-order valence-corrected chi connectivity index (χ3v) is 6.73. The molecule has 5 heteroatoms. The number of anilines is 1. The molecule has 1 aliphatic carbocycles. The molecule has 0 spiro atoms. The van der Waals surface area contributed by atoms with Crippen molar-refractivity contribution in [3.05, 3.63) is 35.4 Å². The SMILES string of the molecule is CCCN1C[C@@H](NC(=O)N(CC)CC)C=C2c3cccc4c3[C@H](C[C@H]21)[C@@H](C)N4. The van der Waals surface area contributed by atoms with E-state index in [9.17, 15) is 4.79 Å². The van der Waals surface area contributed by atoms with Crippen molar-refractivity contribution in [2.24, 2.45) is 0 Å². The fourth-order valence-electron chi connectivity index (χ4n) is 5.39. The smallest absolute Gasteiger partial charge is 0.317 e. The predicted octanol–water partition coefficient (Wildman–Crippen LogP) is 3.89. The quantitative estimate of drug-likeness (QED) is 0.812. The monoisotopic (exact) mass is 382 g/mol. The molecular weight excluding hydrogens is 348 g/mol. The van der Waals surface area contributed by atoms with Gasteiger partial charge in [-0.3, -0.25) is 4.90 Å². The van der Waals surface area contributed by atoms with Crippen molar-refractivity contribution in [2.75, 3.05) is 31.5 Å². The van der Waals surface area contributed by atoms with E-state index in [-0.39, 0.29) is 12.1 Å². The van der Waals surface area contributed by atoms with Crippen LogP contribution in [-0.2, 0) is 0 Å². The second-order valence-corrected chi connectivity index (χ2v) is 8.40. The number of hydrogen-bond acceptors (Lipinski definition) is 3. The zero-order valence-electron chi connectivity index (χ0n) is 17.7. The molecule has 2 aliphatic heterocycles. The lowest BCUT2D eigenvalue weighted by molar-refractivity contribution is 0.176. The van der Waals surface area contributed by atoms with E-state index in [0.717, 1.165) is 32.6 Å². The molecule has 5 nitrogen and oxygen atoms in total. The number of amides is 2. The van der Waals surface area contributed by atoms with Gasteiger partial charge < -0.3 is 15.5 Å². The summed E-state index contributed by atoms with van der Waals surface area (Å²) in [5.41, 5.74) is 5.59. The minimum atomic E-state index is 0.0454. The average Bonchev–Trinajstić information content (AvgIpc) is 3.00. The van der Waals surface area contributed by atoms with Crippen LogP contribution < -0.4 is 10.6 Å². The maximum Gasteiger partial charge on any atom is 0.317 e. The summed E-state index contributed by atoms with van der Waals surface area (Å²) in [6.45, 7) is 12.1. The van der Waals surface area contributed by atoms with Gasteiger partial charge in [0, 0.05) is 43.3 Å². The highest BCUT2D eigenvalue weighted by molar-refractivity contribution is 5.83. The summed E-state index contributed by atoms with van der Waals surface area (Å²) in [5, 5.41) is 6.96. The van der Waals surface area contributed by atoms with Gasteiger partial charge in [0.05, 0.1) is 6.04 Å². The van der Waals surface area contributed by atoms with Gasteiger partial charge in [-0.15, -0.1) is 0 Å². The number of carbonyl (C=O) groups is 1. The first-order chi connectivity index (χ1) is 13.6. The Morgan fingerprint density at radius 1 is 1.29 bits per heavy atom. The number of rotatable bonds is 5.